The van der Waals surface area contributed by atoms with Crippen molar-refractivity contribution in [1.29, 1.82) is 0 Å². The van der Waals surface area contributed by atoms with Gasteiger partial charge in [0.25, 0.3) is 0 Å². The van der Waals surface area contributed by atoms with Gasteiger partial charge in [0.1, 0.15) is 5.56 Å². The Morgan fingerprint density at radius 3 is 2.38 bits per heavy atom. The van der Waals surface area contributed by atoms with Gasteiger partial charge in [0.15, 0.2) is 0 Å². The normalized spacial score (nSPS) is 17.2. The van der Waals surface area contributed by atoms with E-state index in [-0.39, 0.29) is 16.3 Å². The third-order valence-electron chi connectivity index (χ3n) is 3.37. The van der Waals surface area contributed by atoms with Crippen molar-refractivity contribution in [3.63, 3.8) is 0 Å². The van der Waals surface area contributed by atoms with Crippen LogP contribution >= 0.6 is 11.6 Å². The second kappa shape index (κ2) is 6.64. The minimum Gasteiger partial charge on any atom is -0.478 e. The molecule has 0 saturated carbocycles. The van der Waals surface area contributed by atoms with Gasteiger partial charge in [-0.25, -0.2) is 4.79 Å². The lowest BCUT2D eigenvalue weighted by atomic mass is 10.2. The maximum Gasteiger partial charge on any atom is 0.339 e. The number of nitrogens with one attached hydrogen (secondary N) is 1. The van der Waals surface area contributed by atoms with Crippen LogP contribution in [0.5, 0.6) is 0 Å². The lowest BCUT2D eigenvalue weighted by Gasteiger charge is -2.21. The predicted molar refractivity (Wildman–Crippen MR) is 81.0 cm³/mol. The first-order chi connectivity index (χ1) is 9.92. The first-order valence-electron chi connectivity index (χ1n) is 6.71. The van der Waals surface area contributed by atoms with Crippen LogP contribution in [0.15, 0.2) is 18.2 Å². The molecule has 6 nitrogen and oxygen atoms in total. The van der Waals surface area contributed by atoms with Gasteiger partial charge in [-0.15, -0.1) is 0 Å². The molecular formula is C13H17ClN2O4S. The molecule has 1 heterocycles. The quantitative estimate of drug-likeness (QED) is 0.887. The van der Waals surface area contributed by atoms with E-state index in [1.54, 1.807) is 0 Å². The molecule has 1 aliphatic heterocycles. The molecule has 1 aromatic carbocycles. The van der Waals surface area contributed by atoms with E-state index in [9.17, 15) is 13.2 Å². The van der Waals surface area contributed by atoms with E-state index in [4.69, 9.17) is 16.7 Å². The Labute approximate surface area is 128 Å². The molecule has 0 aromatic heterocycles. The maximum absolute atomic E-state index is 12.4. The first-order valence-corrected chi connectivity index (χ1v) is 8.53. The highest BCUT2D eigenvalue weighted by Gasteiger charge is 2.25. The van der Waals surface area contributed by atoms with Gasteiger partial charge in [-0.3, -0.25) is 4.72 Å². The molecule has 0 radical (unpaired) electrons. The van der Waals surface area contributed by atoms with E-state index in [1.165, 1.54) is 22.5 Å². The molecular weight excluding hydrogens is 316 g/mol. The molecule has 1 aliphatic rings. The Morgan fingerprint density at radius 1 is 1.19 bits per heavy atom. The standard InChI is InChI=1S/C13H17ClN2O4S/c14-10-6-5-7-11(12(10)13(17)18)15-21(19,20)16-8-3-1-2-4-9-16/h5-7,15H,1-4,8-9H2,(H,17,18). The fourth-order valence-electron chi connectivity index (χ4n) is 2.31. The van der Waals surface area contributed by atoms with Crippen LogP contribution in [0.3, 0.4) is 0 Å². The van der Waals surface area contributed by atoms with E-state index >= 15 is 0 Å². The monoisotopic (exact) mass is 332 g/mol. The number of anilines is 1. The van der Waals surface area contributed by atoms with Gasteiger partial charge in [-0.2, -0.15) is 12.7 Å². The molecule has 0 aliphatic carbocycles. The lowest BCUT2D eigenvalue weighted by molar-refractivity contribution is 0.0698. The molecule has 0 spiro atoms. The van der Waals surface area contributed by atoms with Crippen molar-refractivity contribution in [3.8, 4) is 0 Å². The van der Waals surface area contributed by atoms with Crippen molar-refractivity contribution in [3.05, 3.63) is 28.8 Å². The molecule has 0 bridgehead atoms. The van der Waals surface area contributed by atoms with Gasteiger partial charge in [0, 0.05) is 13.1 Å². The Morgan fingerprint density at radius 2 is 1.81 bits per heavy atom. The molecule has 8 heteroatoms. The van der Waals surface area contributed by atoms with Gasteiger partial charge in [0.05, 0.1) is 10.7 Å². The number of halogens is 1. The second-order valence-corrected chi connectivity index (χ2v) is 6.97. The summed E-state index contributed by atoms with van der Waals surface area (Å²) < 4.78 is 28.4. The van der Waals surface area contributed by atoms with Crippen molar-refractivity contribution in [2.24, 2.45) is 0 Å². The van der Waals surface area contributed by atoms with Crippen LogP contribution < -0.4 is 4.72 Å². The Bertz CT molecular complexity index is 625. The van der Waals surface area contributed by atoms with Crippen LogP contribution in [0.4, 0.5) is 5.69 Å². The molecule has 116 valence electrons. The highest BCUT2D eigenvalue weighted by molar-refractivity contribution is 7.90. The van der Waals surface area contributed by atoms with Crippen LogP contribution in [-0.4, -0.2) is 36.9 Å². The van der Waals surface area contributed by atoms with Crippen molar-refractivity contribution in [2.75, 3.05) is 17.8 Å². The van der Waals surface area contributed by atoms with Gasteiger partial charge in [0.2, 0.25) is 0 Å². The summed E-state index contributed by atoms with van der Waals surface area (Å²) in [7, 11) is -3.77. The summed E-state index contributed by atoms with van der Waals surface area (Å²) in [5.41, 5.74) is -0.253. The fourth-order valence-corrected chi connectivity index (χ4v) is 3.88. The van der Waals surface area contributed by atoms with E-state index in [2.05, 4.69) is 4.72 Å². The fraction of sp³-hybridized carbons (Fsp3) is 0.462. The maximum atomic E-state index is 12.4. The largest absolute Gasteiger partial charge is 0.478 e. The van der Waals surface area contributed by atoms with Gasteiger partial charge in [-0.05, 0) is 25.0 Å². The van der Waals surface area contributed by atoms with Crippen LogP contribution in [0.25, 0.3) is 0 Å². The van der Waals surface area contributed by atoms with E-state index < -0.39 is 16.2 Å². The number of benzene rings is 1. The average Bonchev–Trinajstić information content (AvgIpc) is 2.67. The highest BCUT2D eigenvalue weighted by atomic mass is 35.5. The van der Waals surface area contributed by atoms with Crippen LogP contribution in [0.2, 0.25) is 5.02 Å². The Kier molecular flexibility index (Phi) is 5.08. The Balaban J connectivity index is 2.28. The SMILES string of the molecule is O=C(O)c1c(Cl)cccc1NS(=O)(=O)N1CCCCCC1. The minimum atomic E-state index is -3.77. The Hall–Kier alpha value is -1.31. The predicted octanol–water partition coefficient (Wildman–Crippen LogP) is 2.57. The molecule has 2 rings (SSSR count). The van der Waals surface area contributed by atoms with Gasteiger partial charge < -0.3 is 5.11 Å². The zero-order chi connectivity index (χ0) is 15.5. The summed E-state index contributed by atoms with van der Waals surface area (Å²) >= 11 is 5.84. The zero-order valence-electron chi connectivity index (χ0n) is 11.4. The number of carboxylic acids is 1. The van der Waals surface area contributed by atoms with E-state index in [0.717, 1.165) is 25.7 Å². The summed E-state index contributed by atoms with van der Waals surface area (Å²) in [6, 6.07) is 4.31. The molecule has 21 heavy (non-hydrogen) atoms. The van der Waals surface area contributed by atoms with Crippen LogP contribution in [0, 0.1) is 0 Å². The van der Waals surface area contributed by atoms with Crippen molar-refractivity contribution in [2.45, 2.75) is 25.7 Å². The molecule has 2 N–H and O–H groups in total. The summed E-state index contributed by atoms with van der Waals surface area (Å²) in [5, 5.41) is 9.16. The number of rotatable bonds is 4. The van der Waals surface area contributed by atoms with Gasteiger partial charge >= 0.3 is 16.2 Å². The highest BCUT2D eigenvalue weighted by Crippen LogP contribution is 2.26. The average molecular weight is 333 g/mol. The molecule has 1 aromatic rings. The van der Waals surface area contributed by atoms with Crippen molar-refractivity contribution in [1.82, 2.24) is 4.31 Å². The number of hydrogen-bond acceptors (Lipinski definition) is 3. The summed E-state index contributed by atoms with van der Waals surface area (Å²) in [4.78, 5) is 11.2. The summed E-state index contributed by atoms with van der Waals surface area (Å²) in [5.74, 6) is -1.27. The van der Waals surface area contributed by atoms with E-state index in [1.807, 2.05) is 0 Å². The van der Waals surface area contributed by atoms with E-state index in [0.29, 0.717) is 13.1 Å². The number of carboxylic acid groups (broad SMARTS) is 1. The topological polar surface area (TPSA) is 86.7 Å². The second-order valence-electron chi connectivity index (χ2n) is 4.89. The van der Waals surface area contributed by atoms with Gasteiger partial charge in [-0.1, -0.05) is 30.5 Å². The summed E-state index contributed by atoms with van der Waals surface area (Å²) in [6.45, 7) is 0.886. The van der Waals surface area contributed by atoms with Crippen molar-refractivity contribution < 1.29 is 18.3 Å². The number of carbonyl (C=O) groups is 1. The minimum absolute atomic E-state index is 0.00133. The smallest absolute Gasteiger partial charge is 0.339 e. The first kappa shape index (κ1) is 16.1. The third-order valence-corrected chi connectivity index (χ3v) is 5.21. The lowest BCUT2D eigenvalue weighted by Crippen LogP contribution is -2.36. The number of nitrogens with zero attached hydrogens (tertiary/aromatic N) is 1. The molecule has 0 atom stereocenters. The van der Waals surface area contributed by atoms with Crippen LogP contribution in [0.1, 0.15) is 36.0 Å². The molecule has 0 unspecified atom stereocenters. The third kappa shape index (κ3) is 3.87. The number of aromatic carboxylic acids is 1. The van der Waals surface area contributed by atoms with Crippen LogP contribution in [-0.2, 0) is 10.2 Å². The number of hydrogen-bond donors (Lipinski definition) is 2. The molecule has 0 amide bonds. The molecule has 1 fully saturated rings. The summed E-state index contributed by atoms with van der Waals surface area (Å²) in [6.07, 6.45) is 3.62. The molecule has 1 saturated heterocycles. The zero-order valence-corrected chi connectivity index (χ0v) is 13.0. The van der Waals surface area contributed by atoms with Crippen molar-refractivity contribution >= 4 is 33.5 Å².